The Hall–Kier alpha value is -3.39. The second-order valence-corrected chi connectivity index (χ2v) is 9.21. The first-order chi connectivity index (χ1) is 16.9. The summed E-state index contributed by atoms with van der Waals surface area (Å²) in [4.78, 5) is 38.3. The fourth-order valence-electron chi connectivity index (χ4n) is 5.13. The number of rotatable bonds is 9. The highest BCUT2D eigenvalue weighted by atomic mass is 16.5. The molecule has 8 nitrogen and oxygen atoms in total. The van der Waals surface area contributed by atoms with E-state index in [0.29, 0.717) is 39.0 Å². The Morgan fingerprint density at radius 2 is 1.63 bits per heavy atom. The van der Waals surface area contributed by atoms with Gasteiger partial charge in [0.1, 0.15) is 6.61 Å². The Kier molecular flexibility index (Phi) is 7.70. The van der Waals surface area contributed by atoms with Gasteiger partial charge in [-0.1, -0.05) is 48.5 Å². The van der Waals surface area contributed by atoms with Crippen molar-refractivity contribution in [3.63, 3.8) is 0 Å². The van der Waals surface area contributed by atoms with Crippen LogP contribution in [0.15, 0.2) is 48.5 Å². The molecule has 1 saturated heterocycles. The largest absolute Gasteiger partial charge is 0.481 e. The predicted molar refractivity (Wildman–Crippen MR) is 130 cm³/mol. The standard InChI is InChI=1S/C27H32N2O6/c1-34-17-13-27(25(31)32)11-15-29(16-12-27)24(30)10-14-28-26(33)35-18-23-21-8-4-2-6-19(21)20-7-3-5-9-22(20)23/h2-9,23H,10-18H2,1H3,(H,28,33)(H,31,32). The summed E-state index contributed by atoms with van der Waals surface area (Å²) in [5, 5.41) is 12.3. The molecule has 1 heterocycles. The zero-order valence-corrected chi connectivity index (χ0v) is 20.0. The summed E-state index contributed by atoms with van der Waals surface area (Å²) in [7, 11) is 1.55. The van der Waals surface area contributed by atoms with Gasteiger partial charge in [0, 0.05) is 45.7 Å². The van der Waals surface area contributed by atoms with Gasteiger partial charge in [-0.15, -0.1) is 0 Å². The highest BCUT2D eigenvalue weighted by Gasteiger charge is 2.42. The van der Waals surface area contributed by atoms with Crippen LogP contribution in [-0.2, 0) is 19.1 Å². The number of carboxylic acids is 1. The number of benzene rings is 2. The minimum absolute atomic E-state index is 0.0178. The van der Waals surface area contributed by atoms with Crippen molar-refractivity contribution in [3.8, 4) is 11.1 Å². The molecule has 2 N–H and O–H groups in total. The number of carbonyl (C=O) groups excluding carboxylic acids is 2. The third-order valence-corrected chi connectivity index (χ3v) is 7.26. The van der Waals surface area contributed by atoms with E-state index in [9.17, 15) is 19.5 Å². The van der Waals surface area contributed by atoms with Crippen LogP contribution >= 0.6 is 0 Å². The first-order valence-corrected chi connectivity index (χ1v) is 12.0. The van der Waals surface area contributed by atoms with Crippen LogP contribution in [-0.4, -0.2) is 67.9 Å². The first kappa shape index (κ1) is 24.7. The molecule has 0 bridgehead atoms. The van der Waals surface area contributed by atoms with Gasteiger partial charge < -0.3 is 24.8 Å². The molecule has 0 atom stereocenters. The Morgan fingerprint density at radius 1 is 1.03 bits per heavy atom. The van der Waals surface area contributed by atoms with Crippen molar-refractivity contribution in [2.75, 3.05) is 40.0 Å². The van der Waals surface area contributed by atoms with Crippen molar-refractivity contribution < 1.29 is 29.0 Å². The topological polar surface area (TPSA) is 105 Å². The van der Waals surface area contributed by atoms with Crippen molar-refractivity contribution >= 4 is 18.0 Å². The maximum Gasteiger partial charge on any atom is 0.407 e. The second-order valence-electron chi connectivity index (χ2n) is 9.21. The number of nitrogens with one attached hydrogen (secondary N) is 1. The van der Waals surface area contributed by atoms with E-state index >= 15 is 0 Å². The van der Waals surface area contributed by atoms with Crippen molar-refractivity contribution in [1.82, 2.24) is 10.2 Å². The number of alkyl carbamates (subject to hydrolysis) is 1. The number of methoxy groups -OCH3 is 1. The van der Waals surface area contributed by atoms with Gasteiger partial charge >= 0.3 is 12.1 Å². The van der Waals surface area contributed by atoms with Gasteiger partial charge in [0.25, 0.3) is 0 Å². The van der Waals surface area contributed by atoms with E-state index in [1.165, 1.54) is 11.1 Å². The molecule has 1 aliphatic carbocycles. The van der Waals surface area contributed by atoms with E-state index in [2.05, 4.69) is 29.6 Å². The maximum absolute atomic E-state index is 12.6. The van der Waals surface area contributed by atoms with Gasteiger partial charge in [0.2, 0.25) is 5.91 Å². The Balaban J connectivity index is 1.22. The molecule has 2 aromatic rings. The molecule has 0 aromatic heterocycles. The van der Waals surface area contributed by atoms with Gasteiger partial charge in [0.05, 0.1) is 5.41 Å². The van der Waals surface area contributed by atoms with E-state index < -0.39 is 17.5 Å². The molecule has 2 aromatic carbocycles. The van der Waals surface area contributed by atoms with E-state index in [1.54, 1.807) is 12.0 Å². The van der Waals surface area contributed by atoms with E-state index in [0.717, 1.165) is 11.1 Å². The lowest BCUT2D eigenvalue weighted by atomic mass is 9.76. The number of likely N-dealkylation sites (tertiary alicyclic amines) is 1. The number of hydrogen-bond acceptors (Lipinski definition) is 5. The lowest BCUT2D eigenvalue weighted by Crippen LogP contribution is -2.47. The third kappa shape index (κ3) is 5.32. The Bertz CT molecular complexity index is 1030. The number of hydrogen-bond donors (Lipinski definition) is 2. The zero-order chi connectivity index (χ0) is 24.8. The number of piperidine rings is 1. The Labute approximate surface area is 205 Å². The molecule has 0 saturated carbocycles. The molecule has 35 heavy (non-hydrogen) atoms. The van der Waals surface area contributed by atoms with Crippen molar-refractivity contribution in [2.45, 2.75) is 31.6 Å². The predicted octanol–water partition coefficient (Wildman–Crippen LogP) is 3.65. The second kappa shape index (κ2) is 10.9. The highest BCUT2D eigenvalue weighted by molar-refractivity contribution is 5.80. The fraction of sp³-hybridized carbons (Fsp3) is 0.444. The summed E-state index contributed by atoms with van der Waals surface area (Å²) in [5.41, 5.74) is 3.78. The molecular weight excluding hydrogens is 448 g/mol. The van der Waals surface area contributed by atoms with Crippen LogP contribution in [0.5, 0.6) is 0 Å². The normalized spacial score (nSPS) is 16.3. The SMILES string of the molecule is COCCC1(C(=O)O)CCN(C(=O)CCNC(=O)OCC2c3ccccc3-c3ccccc32)CC1. The van der Waals surface area contributed by atoms with Gasteiger partial charge in [-0.3, -0.25) is 9.59 Å². The summed E-state index contributed by atoms with van der Waals surface area (Å²) in [5.74, 6) is -0.955. The average molecular weight is 481 g/mol. The van der Waals surface area contributed by atoms with Crippen LogP contribution in [0.2, 0.25) is 0 Å². The summed E-state index contributed by atoms with van der Waals surface area (Å²) in [6.07, 6.45) is 0.823. The molecule has 2 aliphatic rings. The zero-order valence-electron chi connectivity index (χ0n) is 20.0. The van der Waals surface area contributed by atoms with E-state index in [1.807, 2.05) is 24.3 Å². The molecule has 186 valence electrons. The summed E-state index contributed by atoms with van der Waals surface area (Å²) >= 11 is 0. The van der Waals surface area contributed by atoms with Gasteiger partial charge in [-0.25, -0.2) is 4.79 Å². The molecule has 1 aliphatic heterocycles. The highest BCUT2D eigenvalue weighted by Crippen LogP contribution is 2.44. The number of carbonyl (C=O) groups is 3. The lowest BCUT2D eigenvalue weighted by Gasteiger charge is -2.38. The third-order valence-electron chi connectivity index (χ3n) is 7.26. The molecule has 2 amide bonds. The van der Waals surface area contributed by atoms with Crippen LogP contribution < -0.4 is 5.32 Å². The van der Waals surface area contributed by atoms with Gasteiger partial charge in [-0.2, -0.15) is 0 Å². The van der Waals surface area contributed by atoms with E-state index in [-0.39, 0.29) is 31.4 Å². The number of aliphatic carboxylic acids is 1. The number of nitrogens with zero attached hydrogens (tertiary/aromatic N) is 1. The lowest BCUT2D eigenvalue weighted by molar-refractivity contribution is -0.155. The summed E-state index contributed by atoms with van der Waals surface area (Å²) < 4.78 is 10.6. The number of fused-ring (bicyclic) bond motifs is 3. The number of amides is 2. The molecule has 0 unspecified atom stereocenters. The van der Waals surface area contributed by atoms with Crippen molar-refractivity contribution in [1.29, 1.82) is 0 Å². The van der Waals surface area contributed by atoms with Crippen molar-refractivity contribution in [3.05, 3.63) is 59.7 Å². The minimum Gasteiger partial charge on any atom is -0.481 e. The van der Waals surface area contributed by atoms with Crippen LogP contribution in [0.4, 0.5) is 4.79 Å². The van der Waals surface area contributed by atoms with Gasteiger partial charge in [-0.05, 0) is 41.5 Å². The van der Waals surface area contributed by atoms with Crippen molar-refractivity contribution in [2.24, 2.45) is 5.41 Å². The molecule has 0 radical (unpaired) electrons. The molecule has 0 spiro atoms. The minimum atomic E-state index is -0.841. The fourth-order valence-corrected chi connectivity index (χ4v) is 5.13. The summed E-state index contributed by atoms with van der Waals surface area (Å²) in [6, 6.07) is 16.3. The van der Waals surface area contributed by atoms with E-state index in [4.69, 9.17) is 9.47 Å². The van der Waals surface area contributed by atoms with Crippen LogP contribution in [0.3, 0.4) is 0 Å². The monoisotopic (exact) mass is 480 g/mol. The smallest absolute Gasteiger partial charge is 0.407 e. The average Bonchev–Trinajstić information content (AvgIpc) is 3.20. The molecule has 1 fully saturated rings. The Morgan fingerprint density at radius 3 is 2.20 bits per heavy atom. The van der Waals surface area contributed by atoms with Gasteiger partial charge in [0.15, 0.2) is 0 Å². The molecular formula is C27H32N2O6. The number of ether oxygens (including phenoxy) is 2. The van der Waals surface area contributed by atoms with Crippen LogP contribution in [0.1, 0.15) is 42.7 Å². The van der Waals surface area contributed by atoms with Crippen LogP contribution in [0.25, 0.3) is 11.1 Å². The first-order valence-electron chi connectivity index (χ1n) is 12.0. The molecule has 8 heteroatoms. The quantitative estimate of drug-likeness (QED) is 0.568. The van der Waals surface area contributed by atoms with Crippen LogP contribution in [0, 0.1) is 5.41 Å². The molecule has 4 rings (SSSR count). The summed E-state index contributed by atoms with van der Waals surface area (Å²) in [6.45, 7) is 1.54. The number of carboxylic acid groups (broad SMARTS) is 1. The maximum atomic E-state index is 12.6.